The Morgan fingerprint density at radius 1 is 1.06 bits per heavy atom. The third-order valence-corrected chi connectivity index (χ3v) is 7.28. The van der Waals surface area contributed by atoms with Crippen molar-refractivity contribution in [2.75, 3.05) is 63.7 Å². The number of nitrogens with zero attached hydrogens (tertiary/aromatic N) is 4. The fraction of sp³-hybridized carbons (Fsp3) is 0.792. The number of ether oxygens (including phenoxy) is 1. The predicted molar refractivity (Wildman–Crippen MR) is 138 cm³/mol. The van der Waals surface area contributed by atoms with Crippen LogP contribution in [0.1, 0.15) is 56.2 Å². The Balaban J connectivity index is 1.17. The number of aromatic nitrogens is 2. The molecule has 4 rings (SSSR count). The second-order valence-electron chi connectivity index (χ2n) is 9.80. The Kier molecular flexibility index (Phi) is 8.97. The van der Waals surface area contributed by atoms with Crippen LogP contribution in [0.5, 0.6) is 0 Å². The third-order valence-electron chi connectivity index (χ3n) is 7.02. The van der Waals surface area contributed by atoms with Crippen LogP contribution < -0.4 is 20.9 Å². The molecular weight excluding hydrogens is 434 g/mol. The van der Waals surface area contributed by atoms with Gasteiger partial charge in [0.25, 0.3) is 0 Å². The van der Waals surface area contributed by atoms with Crippen LogP contribution >= 0.6 is 12.2 Å². The first-order valence-corrected chi connectivity index (χ1v) is 13.2. The summed E-state index contributed by atoms with van der Waals surface area (Å²) in [5, 5.41) is 11.3. The van der Waals surface area contributed by atoms with Gasteiger partial charge in [0.2, 0.25) is 5.95 Å². The van der Waals surface area contributed by atoms with Crippen molar-refractivity contribution in [3.8, 4) is 0 Å². The van der Waals surface area contributed by atoms with E-state index in [2.05, 4.69) is 39.8 Å². The number of rotatable bonds is 8. The zero-order valence-electron chi connectivity index (χ0n) is 20.4. The van der Waals surface area contributed by atoms with E-state index < -0.39 is 0 Å². The highest BCUT2D eigenvalue weighted by Gasteiger charge is 2.24. The van der Waals surface area contributed by atoms with E-state index in [1.54, 1.807) is 0 Å². The first kappa shape index (κ1) is 24.4. The fourth-order valence-corrected chi connectivity index (χ4v) is 5.41. The molecule has 0 bridgehead atoms. The van der Waals surface area contributed by atoms with E-state index in [4.69, 9.17) is 26.9 Å². The van der Waals surface area contributed by atoms with E-state index in [0.717, 1.165) is 101 Å². The van der Waals surface area contributed by atoms with E-state index in [-0.39, 0.29) is 0 Å². The standard InChI is InChI=1S/C24H41N7OS/c1-30(2)22-20-6-3-4-7-21(20)28-23(29-22)26-18-8-10-19(11-9-18)27-24(33)25-12-5-13-31-14-16-32-17-15-31/h18-19H,3-17H2,1-2H3,(H2,25,27,33)(H,26,28,29). The van der Waals surface area contributed by atoms with E-state index in [9.17, 15) is 0 Å². The van der Waals surface area contributed by atoms with Crippen molar-refractivity contribution in [2.45, 2.75) is 69.9 Å². The highest BCUT2D eigenvalue weighted by atomic mass is 32.1. The average Bonchev–Trinajstić information content (AvgIpc) is 2.83. The molecule has 0 spiro atoms. The highest BCUT2D eigenvalue weighted by molar-refractivity contribution is 7.80. The zero-order valence-corrected chi connectivity index (χ0v) is 21.2. The largest absolute Gasteiger partial charge is 0.379 e. The summed E-state index contributed by atoms with van der Waals surface area (Å²) < 4.78 is 5.40. The minimum absolute atomic E-state index is 0.426. The molecule has 1 aliphatic heterocycles. The molecule has 0 amide bonds. The number of fused-ring (bicyclic) bond motifs is 1. The lowest BCUT2D eigenvalue weighted by atomic mass is 9.91. The first-order valence-electron chi connectivity index (χ1n) is 12.8. The zero-order chi connectivity index (χ0) is 23.0. The molecule has 8 nitrogen and oxygen atoms in total. The SMILES string of the molecule is CN(C)c1nc(NC2CCC(NC(=S)NCCCN3CCOCC3)CC2)nc2c1CCCC2. The van der Waals surface area contributed by atoms with Crippen molar-refractivity contribution >= 4 is 29.1 Å². The summed E-state index contributed by atoms with van der Waals surface area (Å²) in [6.45, 7) is 5.85. The summed E-state index contributed by atoms with van der Waals surface area (Å²) in [6, 6.07) is 0.874. The number of hydrogen-bond donors (Lipinski definition) is 3. The number of thiocarbonyl (C=S) groups is 1. The maximum absolute atomic E-state index is 5.54. The summed E-state index contributed by atoms with van der Waals surface area (Å²) in [5.74, 6) is 1.89. The van der Waals surface area contributed by atoms with Crippen LogP contribution in [-0.2, 0) is 17.6 Å². The molecule has 2 heterocycles. The molecular formula is C24H41N7OS. The van der Waals surface area contributed by atoms with Gasteiger partial charge in [0.05, 0.1) is 18.9 Å². The Morgan fingerprint density at radius 3 is 2.55 bits per heavy atom. The summed E-state index contributed by atoms with van der Waals surface area (Å²) >= 11 is 5.54. The van der Waals surface area contributed by atoms with E-state index in [1.807, 2.05) is 0 Å². The highest BCUT2D eigenvalue weighted by Crippen LogP contribution is 2.29. The van der Waals surface area contributed by atoms with Crippen molar-refractivity contribution in [2.24, 2.45) is 0 Å². The quantitative estimate of drug-likeness (QED) is 0.388. The predicted octanol–water partition coefficient (Wildman–Crippen LogP) is 2.33. The molecule has 3 aliphatic rings. The van der Waals surface area contributed by atoms with Gasteiger partial charge in [0.15, 0.2) is 5.11 Å². The maximum Gasteiger partial charge on any atom is 0.225 e. The summed E-state index contributed by atoms with van der Waals surface area (Å²) in [4.78, 5) is 14.4. The molecule has 1 saturated carbocycles. The molecule has 184 valence electrons. The Labute approximate surface area is 204 Å². The average molecular weight is 476 g/mol. The lowest BCUT2D eigenvalue weighted by molar-refractivity contribution is 0.0376. The van der Waals surface area contributed by atoms with Crippen LogP contribution in [0.4, 0.5) is 11.8 Å². The minimum atomic E-state index is 0.426. The maximum atomic E-state index is 5.54. The lowest BCUT2D eigenvalue weighted by Crippen LogP contribution is -2.45. The normalized spacial score (nSPS) is 23.5. The van der Waals surface area contributed by atoms with Crippen molar-refractivity contribution in [1.29, 1.82) is 0 Å². The van der Waals surface area contributed by atoms with E-state index >= 15 is 0 Å². The van der Waals surface area contributed by atoms with Crippen molar-refractivity contribution < 1.29 is 4.74 Å². The first-order chi connectivity index (χ1) is 16.1. The molecule has 0 atom stereocenters. The van der Waals surface area contributed by atoms with Crippen molar-refractivity contribution in [3.05, 3.63) is 11.3 Å². The molecule has 0 aromatic carbocycles. The number of morpholine rings is 1. The summed E-state index contributed by atoms with van der Waals surface area (Å²) in [7, 11) is 4.16. The topological polar surface area (TPSA) is 77.6 Å². The van der Waals surface area contributed by atoms with Crippen LogP contribution in [0.3, 0.4) is 0 Å². The van der Waals surface area contributed by atoms with Gasteiger partial charge in [-0.15, -0.1) is 0 Å². The van der Waals surface area contributed by atoms with Gasteiger partial charge in [-0.2, -0.15) is 4.98 Å². The molecule has 1 aromatic rings. The number of anilines is 2. The third kappa shape index (κ3) is 7.13. The number of hydrogen-bond acceptors (Lipinski definition) is 7. The fourth-order valence-electron chi connectivity index (χ4n) is 5.14. The van der Waals surface area contributed by atoms with Gasteiger partial charge in [0, 0.05) is 51.4 Å². The van der Waals surface area contributed by atoms with Crippen molar-refractivity contribution in [1.82, 2.24) is 25.5 Å². The van der Waals surface area contributed by atoms with Crippen LogP contribution in [0.2, 0.25) is 0 Å². The van der Waals surface area contributed by atoms with E-state index in [0.29, 0.717) is 12.1 Å². The molecule has 9 heteroatoms. The monoisotopic (exact) mass is 475 g/mol. The molecule has 1 aromatic heterocycles. The molecule has 2 aliphatic carbocycles. The molecule has 2 fully saturated rings. The van der Waals surface area contributed by atoms with Gasteiger partial charge in [0.1, 0.15) is 5.82 Å². The van der Waals surface area contributed by atoms with Crippen LogP contribution in [0.15, 0.2) is 0 Å². The second-order valence-corrected chi connectivity index (χ2v) is 10.2. The van der Waals surface area contributed by atoms with Gasteiger partial charge < -0.3 is 25.6 Å². The van der Waals surface area contributed by atoms with Crippen LogP contribution in [-0.4, -0.2) is 85.6 Å². The molecule has 0 unspecified atom stereocenters. The van der Waals surface area contributed by atoms with Crippen LogP contribution in [0.25, 0.3) is 0 Å². The summed E-state index contributed by atoms with van der Waals surface area (Å²) in [6.07, 6.45) is 10.2. The molecule has 1 saturated heterocycles. The molecule has 0 radical (unpaired) electrons. The van der Waals surface area contributed by atoms with Gasteiger partial charge >= 0.3 is 0 Å². The molecule has 33 heavy (non-hydrogen) atoms. The van der Waals surface area contributed by atoms with Crippen LogP contribution in [0, 0.1) is 0 Å². The number of aryl methyl sites for hydroxylation is 1. The van der Waals surface area contributed by atoms with Gasteiger partial charge in [-0.25, -0.2) is 4.98 Å². The lowest BCUT2D eigenvalue weighted by Gasteiger charge is -2.31. The minimum Gasteiger partial charge on any atom is -0.379 e. The molecule has 3 N–H and O–H groups in total. The Bertz CT molecular complexity index is 776. The van der Waals surface area contributed by atoms with Gasteiger partial charge in [-0.3, -0.25) is 4.90 Å². The van der Waals surface area contributed by atoms with Gasteiger partial charge in [-0.05, 0) is 76.6 Å². The second kappa shape index (κ2) is 12.1. The Morgan fingerprint density at radius 2 is 1.79 bits per heavy atom. The smallest absolute Gasteiger partial charge is 0.225 e. The van der Waals surface area contributed by atoms with E-state index in [1.165, 1.54) is 24.1 Å². The Hall–Kier alpha value is -1.71. The van der Waals surface area contributed by atoms with Crippen molar-refractivity contribution in [3.63, 3.8) is 0 Å². The number of nitrogens with one attached hydrogen (secondary N) is 3. The summed E-state index contributed by atoms with van der Waals surface area (Å²) in [5.41, 5.74) is 2.58. The van der Waals surface area contributed by atoms with Gasteiger partial charge in [-0.1, -0.05) is 0 Å².